The smallest absolute Gasteiger partial charge is 0.339 e. The van der Waals surface area contributed by atoms with Crippen LogP contribution in [0.1, 0.15) is 36.5 Å². The molecule has 0 unspecified atom stereocenters. The fourth-order valence-corrected chi connectivity index (χ4v) is 2.27. The van der Waals surface area contributed by atoms with E-state index < -0.39 is 17.6 Å². The lowest BCUT2D eigenvalue weighted by atomic mass is 10.2. The summed E-state index contributed by atoms with van der Waals surface area (Å²) in [6.07, 6.45) is 2.02. The topological polar surface area (TPSA) is 141 Å². The Labute approximate surface area is 133 Å². The minimum absolute atomic E-state index is 0.0562. The SMILES string of the molecule is CC[C@@H](C(N)=O)N1CCCC1=O.O=C(O)c1ccc(O)cc1O. The summed E-state index contributed by atoms with van der Waals surface area (Å²) in [5.41, 5.74) is 4.94. The van der Waals surface area contributed by atoms with E-state index in [0.717, 1.165) is 18.6 Å². The number of likely N-dealkylation sites (tertiary alicyclic amines) is 1. The highest BCUT2D eigenvalue weighted by Crippen LogP contribution is 2.21. The first-order valence-electron chi connectivity index (χ1n) is 7.12. The highest BCUT2D eigenvalue weighted by atomic mass is 16.4. The van der Waals surface area contributed by atoms with Crippen molar-refractivity contribution in [3.8, 4) is 11.5 Å². The van der Waals surface area contributed by atoms with E-state index in [4.69, 9.17) is 21.1 Å². The van der Waals surface area contributed by atoms with Crippen molar-refractivity contribution in [2.75, 3.05) is 6.54 Å². The molecule has 0 saturated carbocycles. The van der Waals surface area contributed by atoms with Gasteiger partial charge in [-0.05, 0) is 25.0 Å². The summed E-state index contributed by atoms with van der Waals surface area (Å²) in [6, 6.07) is 2.92. The number of carboxylic acids is 1. The number of rotatable bonds is 4. The molecule has 0 radical (unpaired) electrons. The van der Waals surface area contributed by atoms with Crippen LogP contribution < -0.4 is 5.73 Å². The number of primary amides is 1. The number of hydrogen-bond donors (Lipinski definition) is 4. The van der Waals surface area contributed by atoms with Crippen LogP contribution in [-0.2, 0) is 9.59 Å². The van der Waals surface area contributed by atoms with E-state index in [0.29, 0.717) is 19.4 Å². The third-order valence-electron chi connectivity index (χ3n) is 3.41. The van der Waals surface area contributed by atoms with Gasteiger partial charge in [0.2, 0.25) is 11.8 Å². The van der Waals surface area contributed by atoms with Crippen LogP contribution in [0.4, 0.5) is 0 Å². The number of phenols is 2. The third kappa shape index (κ3) is 4.87. The first-order valence-corrected chi connectivity index (χ1v) is 7.12. The molecule has 1 fully saturated rings. The van der Waals surface area contributed by atoms with Crippen molar-refractivity contribution in [2.45, 2.75) is 32.2 Å². The van der Waals surface area contributed by atoms with Gasteiger partial charge in [0, 0.05) is 19.0 Å². The Balaban J connectivity index is 0.000000231. The van der Waals surface area contributed by atoms with Crippen LogP contribution in [0, 0.1) is 0 Å². The molecule has 1 aliphatic rings. The summed E-state index contributed by atoms with van der Waals surface area (Å²) in [5, 5.41) is 26.1. The van der Waals surface area contributed by atoms with Crippen LogP contribution in [0.15, 0.2) is 18.2 Å². The number of phenolic OH excluding ortho intramolecular Hbond substituents is 1. The number of carboxylic acid groups (broad SMARTS) is 1. The molecule has 1 atom stereocenters. The average Bonchev–Trinajstić information content (AvgIpc) is 2.86. The van der Waals surface area contributed by atoms with Crippen LogP contribution >= 0.6 is 0 Å². The second-order valence-electron chi connectivity index (χ2n) is 5.02. The molecular weight excluding hydrogens is 304 g/mol. The molecule has 8 nitrogen and oxygen atoms in total. The Morgan fingerprint density at radius 2 is 2.00 bits per heavy atom. The number of benzene rings is 1. The molecule has 0 aliphatic carbocycles. The molecule has 0 bridgehead atoms. The van der Waals surface area contributed by atoms with Gasteiger partial charge in [-0.1, -0.05) is 6.92 Å². The van der Waals surface area contributed by atoms with Gasteiger partial charge in [0.25, 0.3) is 0 Å². The van der Waals surface area contributed by atoms with Crippen LogP contribution in [0.25, 0.3) is 0 Å². The molecular formula is C15H20N2O6. The zero-order chi connectivity index (χ0) is 17.6. The number of nitrogens with zero attached hydrogens (tertiary/aromatic N) is 1. The molecule has 23 heavy (non-hydrogen) atoms. The van der Waals surface area contributed by atoms with Gasteiger partial charge in [-0.3, -0.25) is 9.59 Å². The number of nitrogens with two attached hydrogens (primary N) is 1. The van der Waals surface area contributed by atoms with Gasteiger partial charge in [0.05, 0.1) is 0 Å². The van der Waals surface area contributed by atoms with Gasteiger partial charge in [-0.2, -0.15) is 0 Å². The maximum atomic E-state index is 11.2. The zero-order valence-electron chi connectivity index (χ0n) is 12.7. The quantitative estimate of drug-likeness (QED) is 0.641. The van der Waals surface area contributed by atoms with Crippen LogP contribution in [0.5, 0.6) is 11.5 Å². The van der Waals surface area contributed by atoms with Crippen molar-refractivity contribution in [3.63, 3.8) is 0 Å². The number of amides is 2. The van der Waals surface area contributed by atoms with E-state index >= 15 is 0 Å². The summed E-state index contributed by atoms with van der Waals surface area (Å²) in [7, 11) is 0. The summed E-state index contributed by atoms with van der Waals surface area (Å²) in [6.45, 7) is 2.54. The summed E-state index contributed by atoms with van der Waals surface area (Å²) >= 11 is 0. The minimum Gasteiger partial charge on any atom is -0.508 e. The molecule has 1 aliphatic heterocycles. The maximum Gasteiger partial charge on any atom is 0.339 e. The second kappa shape index (κ2) is 8.02. The molecule has 0 aromatic heterocycles. The van der Waals surface area contributed by atoms with Crippen molar-refractivity contribution in [1.29, 1.82) is 0 Å². The van der Waals surface area contributed by atoms with E-state index in [2.05, 4.69) is 0 Å². The predicted octanol–water partition coefficient (Wildman–Crippen LogP) is 0.669. The van der Waals surface area contributed by atoms with Crippen LogP contribution in [-0.4, -0.2) is 50.6 Å². The molecule has 8 heteroatoms. The van der Waals surface area contributed by atoms with E-state index in [1.54, 1.807) is 4.90 Å². The molecule has 2 amide bonds. The van der Waals surface area contributed by atoms with Crippen LogP contribution in [0.3, 0.4) is 0 Å². The first-order chi connectivity index (χ1) is 10.8. The highest BCUT2D eigenvalue weighted by molar-refractivity contribution is 5.91. The Morgan fingerprint density at radius 1 is 1.35 bits per heavy atom. The largest absolute Gasteiger partial charge is 0.508 e. The number of aromatic carboxylic acids is 1. The number of hydrogen-bond acceptors (Lipinski definition) is 5. The predicted molar refractivity (Wildman–Crippen MR) is 81.0 cm³/mol. The zero-order valence-corrected chi connectivity index (χ0v) is 12.7. The van der Waals surface area contributed by atoms with E-state index in [9.17, 15) is 14.4 Å². The first kappa shape index (κ1) is 18.3. The third-order valence-corrected chi connectivity index (χ3v) is 3.41. The minimum atomic E-state index is -1.22. The van der Waals surface area contributed by atoms with E-state index in [1.165, 1.54) is 6.07 Å². The normalized spacial score (nSPS) is 14.8. The lowest BCUT2D eigenvalue weighted by Gasteiger charge is -2.23. The summed E-state index contributed by atoms with van der Waals surface area (Å²) in [4.78, 5) is 34.0. The molecule has 1 saturated heterocycles. The van der Waals surface area contributed by atoms with Crippen molar-refractivity contribution >= 4 is 17.8 Å². The van der Waals surface area contributed by atoms with Gasteiger partial charge < -0.3 is 26.0 Å². The van der Waals surface area contributed by atoms with Gasteiger partial charge in [-0.25, -0.2) is 4.79 Å². The lowest BCUT2D eigenvalue weighted by molar-refractivity contribution is -0.136. The van der Waals surface area contributed by atoms with Crippen molar-refractivity contribution in [3.05, 3.63) is 23.8 Å². The molecule has 2 rings (SSSR count). The van der Waals surface area contributed by atoms with Crippen LogP contribution in [0.2, 0.25) is 0 Å². The molecule has 1 aromatic rings. The second-order valence-corrected chi connectivity index (χ2v) is 5.02. The van der Waals surface area contributed by atoms with Gasteiger partial charge >= 0.3 is 5.97 Å². The van der Waals surface area contributed by atoms with E-state index in [-0.39, 0.29) is 23.3 Å². The highest BCUT2D eigenvalue weighted by Gasteiger charge is 2.29. The van der Waals surface area contributed by atoms with E-state index in [1.807, 2.05) is 6.92 Å². The van der Waals surface area contributed by atoms with Gasteiger partial charge in [0.1, 0.15) is 23.1 Å². The van der Waals surface area contributed by atoms with Crippen molar-refractivity contribution in [2.24, 2.45) is 5.73 Å². The number of carbonyl (C=O) groups excluding carboxylic acids is 2. The molecule has 126 valence electrons. The van der Waals surface area contributed by atoms with Crippen molar-refractivity contribution in [1.82, 2.24) is 4.90 Å². The van der Waals surface area contributed by atoms with Crippen molar-refractivity contribution < 1.29 is 29.7 Å². The molecule has 1 heterocycles. The molecule has 0 spiro atoms. The van der Waals surface area contributed by atoms with Gasteiger partial charge in [0.15, 0.2) is 0 Å². The summed E-state index contributed by atoms with van der Waals surface area (Å²) in [5.74, 6) is -2.15. The standard InChI is InChI=1S/C8H14N2O2.C7H6O4/c1-2-6(8(9)12)10-5-3-4-7(10)11;8-4-1-2-5(7(10)11)6(9)3-4/h6H,2-5H2,1H3,(H2,9,12);1-3,8-9H,(H,10,11)/t6-;/m0./s1. The summed E-state index contributed by atoms with van der Waals surface area (Å²) < 4.78 is 0. The molecule has 1 aromatic carbocycles. The lowest BCUT2D eigenvalue weighted by Crippen LogP contribution is -2.44. The maximum absolute atomic E-state index is 11.2. The Morgan fingerprint density at radius 3 is 2.39 bits per heavy atom. The Kier molecular flexibility index (Phi) is 6.37. The average molecular weight is 324 g/mol. The molecule has 5 N–H and O–H groups in total. The Hall–Kier alpha value is -2.77. The fourth-order valence-electron chi connectivity index (χ4n) is 2.27. The Bertz CT molecular complexity index is 602. The number of carbonyl (C=O) groups is 3. The number of aromatic hydroxyl groups is 2. The fraction of sp³-hybridized carbons (Fsp3) is 0.400. The monoisotopic (exact) mass is 324 g/mol. The van der Waals surface area contributed by atoms with Gasteiger partial charge in [-0.15, -0.1) is 0 Å².